The van der Waals surface area contributed by atoms with Crippen LogP contribution < -0.4 is 10.2 Å². The van der Waals surface area contributed by atoms with Crippen LogP contribution in [-0.2, 0) is 10.0 Å². The average Bonchev–Trinajstić information content (AvgIpc) is 3.34. The van der Waals surface area contributed by atoms with E-state index in [4.69, 9.17) is 0 Å². The number of anilines is 2. The molecule has 1 fully saturated rings. The standard InChI is InChI=1S/C26H33N5O3S/c1-4-30(5-2)35(33,34)22-11-12-24(29-16-13-20(3)14-17-29)23(19-22)26(32)27-25-15-18-31(28-25)21-9-7-6-8-10-21/h6-12,15,18-20H,4-5,13-14,16-17H2,1-3H3,(H,27,28,32). The summed E-state index contributed by atoms with van der Waals surface area (Å²) in [6.45, 7) is 8.22. The monoisotopic (exact) mass is 495 g/mol. The number of nitrogens with zero attached hydrogens (tertiary/aromatic N) is 4. The zero-order chi connectivity index (χ0) is 25.0. The molecule has 186 valence electrons. The van der Waals surface area contributed by atoms with Crippen molar-refractivity contribution in [2.75, 3.05) is 36.4 Å². The first-order chi connectivity index (χ1) is 16.8. The van der Waals surface area contributed by atoms with Crippen molar-refractivity contribution < 1.29 is 13.2 Å². The Morgan fingerprint density at radius 2 is 1.74 bits per heavy atom. The first-order valence-electron chi connectivity index (χ1n) is 12.1. The van der Waals surface area contributed by atoms with E-state index in [9.17, 15) is 13.2 Å². The Bertz CT molecular complexity index is 1260. The summed E-state index contributed by atoms with van der Waals surface area (Å²) in [6, 6.07) is 16.2. The minimum atomic E-state index is -3.70. The second-order valence-corrected chi connectivity index (χ2v) is 10.8. The summed E-state index contributed by atoms with van der Waals surface area (Å²) in [5, 5.41) is 7.34. The fourth-order valence-electron chi connectivity index (χ4n) is 4.39. The second-order valence-electron chi connectivity index (χ2n) is 8.87. The van der Waals surface area contributed by atoms with Gasteiger partial charge in [-0.25, -0.2) is 13.1 Å². The number of sulfonamides is 1. The van der Waals surface area contributed by atoms with Gasteiger partial charge >= 0.3 is 0 Å². The molecule has 0 saturated carbocycles. The van der Waals surface area contributed by atoms with E-state index in [0.29, 0.717) is 30.4 Å². The third kappa shape index (κ3) is 5.41. The largest absolute Gasteiger partial charge is 0.371 e. The zero-order valence-corrected chi connectivity index (χ0v) is 21.3. The zero-order valence-electron chi connectivity index (χ0n) is 20.5. The van der Waals surface area contributed by atoms with Crippen molar-refractivity contribution in [2.24, 2.45) is 5.92 Å². The Balaban J connectivity index is 1.67. The lowest BCUT2D eigenvalue weighted by atomic mass is 9.98. The molecule has 8 nitrogen and oxygen atoms in total. The van der Waals surface area contributed by atoms with Gasteiger partial charge in [0, 0.05) is 44.1 Å². The molecule has 3 aromatic rings. The highest BCUT2D eigenvalue weighted by Crippen LogP contribution is 2.30. The summed E-state index contributed by atoms with van der Waals surface area (Å²) < 4.78 is 29.4. The highest BCUT2D eigenvalue weighted by molar-refractivity contribution is 7.89. The highest BCUT2D eigenvalue weighted by atomic mass is 32.2. The van der Waals surface area contributed by atoms with E-state index < -0.39 is 10.0 Å². The molecule has 1 aliphatic heterocycles. The van der Waals surface area contributed by atoms with Gasteiger partial charge in [0.05, 0.1) is 16.1 Å². The van der Waals surface area contributed by atoms with Crippen LogP contribution in [0.5, 0.6) is 0 Å². The molecule has 2 heterocycles. The van der Waals surface area contributed by atoms with E-state index in [1.54, 1.807) is 42.9 Å². The van der Waals surface area contributed by atoms with Gasteiger partial charge in [0.15, 0.2) is 5.82 Å². The summed E-state index contributed by atoms with van der Waals surface area (Å²) in [7, 11) is -3.70. The molecule has 35 heavy (non-hydrogen) atoms. The molecule has 1 aliphatic rings. The number of aromatic nitrogens is 2. The van der Waals surface area contributed by atoms with E-state index in [2.05, 4.69) is 22.2 Å². The Hall–Kier alpha value is -3.17. The molecular weight excluding hydrogens is 462 g/mol. The quantitative estimate of drug-likeness (QED) is 0.501. The Morgan fingerprint density at radius 3 is 2.40 bits per heavy atom. The number of carbonyl (C=O) groups excluding carboxylic acids is 1. The second kappa shape index (κ2) is 10.6. The smallest absolute Gasteiger partial charge is 0.259 e. The van der Waals surface area contributed by atoms with E-state index in [0.717, 1.165) is 37.3 Å². The predicted octanol–water partition coefficient (Wildman–Crippen LogP) is 4.39. The van der Waals surface area contributed by atoms with Gasteiger partial charge in [0.1, 0.15) is 0 Å². The molecule has 2 aromatic carbocycles. The number of hydrogen-bond acceptors (Lipinski definition) is 5. The van der Waals surface area contributed by atoms with Gasteiger partial charge in [-0.3, -0.25) is 4.79 Å². The van der Waals surface area contributed by atoms with Crippen LogP contribution in [0.1, 0.15) is 44.0 Å². The molecule has 1 saturated heterocycles. The highest BCUT2D eigenvalue weighted by Gasteiger charge is 2.27. The lowest BCUT2D eigenvalue weighted by Crippen LogP contribution is -2.35. The molecular formula is C26H33N5O3S. The first-order valence-corrected chi connectivity index (χ1v) is 13.6. The maximum Gasteiger partial charge on any atom is 0.259 e. The number of para-hydroxylation sites is 1. The number of hydrogen-bond donors (Lipinski definition) is 1. The van der Waals surface area contributed by atoms with Crippen LogP contribution in [0, 0.1) is 5.92 Å². The van der Waals surface area contributed by atoms with Gasteiger partial charge < -0.3 is 10.2 Å². The predicted molar refractivity (Wildman–Crippen MR) is 139 cm³/mol. The van der Waals surface area contributed by atoms with Crippen LogP contribution in [0.25, 0.3) is 5.69 Å². The maximum absolute atomic E-state index is 13.5. The van der Waals surface area contributed by atoms with Gasteiger partial charge in [-0.1, -0.05) is 39.0 Å². The normalized spacial score (nSPS) is 14.9. The summed E-state index contributed by atoms with van der Waals surface area (Å²) >= 11 is 0. The third-order valence-corrected chi connectivity index (χ3v) is 8.58. The Morgan fingerprint density at radius 1 is 1.06 bits per heavy atom. The average molecular weight is 496 g/mol. The lowest BCUT2D eigenvalue weighted by molar-refractivity contribution is 0.102. The van der Waals surface area contributed by atoms with Gasteiger partial charge in [0.2, 0.25) is 10.0 Å². The van der Waals surface area contributed by atoms with Crippen LogP contribution in [-0.4, -0.2) is 54.6 Å². The number of rotatable bonds is 8. The Labute approximate surface area is 207 Å². The van der Waals surface area contributed by atoms with Crippen molar-refractivity contribution in [3.63, 3.8) is 0 Å². The number of piperidine rings is 1. The van der Waals surface area contributed by atoms with Gasteiger partial charge in [-0.2, -0.15) is 9.40 Å². The van der Waals surface area contributed by atoms with Crippen molar-refractivity contribution in [3.8, 4) is 5.69 Å². The molecule has 4 rings (SSSR count). The van der Waals surface area contributed by atoms with Gasteiger partial charge in [-0.05, 0) is 49.1 Å². The molecule has 1 N–H and O–H groups in total. The topological polar surface area (TPSA) is 87.5 Å². The summed E-state index contributed by atoms with van der Waals surface area (Å²) in [5.41, 5.74) is 1.96. The van der Waals surface area contributed by atoms with Crippen LogP contribution in [0.15, 0.2) is 65.7 Å². The SMILES string of the molecule is CCN(CC)S(=O)(=O)c1ccc(N2CCC(C)CC2)c(C(=O)Nc2ccn(-c3ccccc3)n2)c1. The van der Waals surface area contributed by atoms with E-state index in [1.165, 1.54) is 10.4 Å². The molecule has 1 aromatic heterocycles. The molecule has 0 spiro atoms. The van der Waals surface area contributed by atoms with E-state index in [1.807, 2.05) is 30.3 Å². The maximum atomic E-state index is 13.5. The number of benzene rings is 2. The van der Waals surface area contributed by atoms with Crippen LogP contribution in [0.2, 0.25) is 0 Å². The van der Waals surface area contributed by atoms with Crippen molar-refractivity contribution in [1.29, 1.82) is 0 Å². The lowest BCUT2D eigenvalue weighted by Gasteiger charge is -2.33. The van der Waals surface area contributed by atoms with Crippen LogP contribution in [0.4, 0.5) is 11.5 Å². The van der Waals surface area contributed by atoms with Crippen LogP contribution in [0.3, 0.4) is 0 Å². The third-order valence-electron chi connectivity index (χ3n) is 6.53. The fraction of sp³-hybridized carbons (Fsp3) is 0.385. The van der Waals surface area contributed by atoms with Crippen molar-refractivity contribution in [1.82, 2.24) is 14.1 Å². The van der Waals surface area contributed by atoms with Gasteiger partial charge in [0.25, 0.3) is 5.91 Å². The number of nitrogens with one attached hydrogen (secondary N) is 1. The van der Waals surface area contributed by atoms with E-state index in [-0.39, 0.29) is 10.8 Å². The molecule has 0 unspecified atom stereocenters. The minimum Gasteiger partial charge on any atom is -0.371 e. The van der Waals surface area contributed by atoms with Crippen LogP contribution >= 0.6 is 0 Å². The molecule has 0 bridgehead atoms. The van der Waals surface area contributed by atoms with Gasteiger partial charge in [-0.15, -0.1) is 0 Å². The minimum absolute atomic E-state index is 0.121. The molecule has 0 radical (unpaired) electrons. The number of amides is 1. The van der Waals surface area contributed by atoms with Crippen molar-refractivity contribution in [3.05, 3.63) is 66.4 Å². The van der Waals surface area contributed by atoms with Crippen molar-refractivity contribution in [2.45, 2.75) is 38.5 Å². The first kappa shape index (κ1) is 24.9. The molecule has 1 amide bonds. The number of carbonyl (C=O) groups is 1. The molecule has 0 aliphatic carbocycles. The Kier molecular flexibility index (Phi) is 7.57. The summed E-state index contributed by atoms with van der Waals surface area (Å²) in [6.07, 6.45) is 3.84. The van der Waals surface area contributed by atoms with Crippen molar-refractivity contribution >= 4 is 27.4 Å². The summed E-state index contributed by atoms with van der Waals surface area (Å²) in [4.78, 5) is 15.8. The fourth-order valence-corrected chi connectivity index (χ4v) is 5.88. The van der Waals surface area contributed by atoms with E-state index >= 15 is 0 Å². The molecule has 0 atom stereocenters. The molecule has 9 heteroatoms. The summed E-state index contributed by atoms with van der Waals surface area (Å²) in [5.74, 6) is 0.649.